The summed E-state index contributed by atoms with van der Waals surface area (Å²) in [4.78, 5) is 5.51. The van der Waals surface area contributed by atoms with Gasteiger partial charge in [0.25, 0.3) is 5.92 Å². The van der Waals surface area contributed by atoms with Gasteiger partial charge in [-0.2, -0.15) is 0 Å². The number of rotatable bonds is 4. The number of nitrogens with two attached hydrogens (primary N) is 1. The maximum absolute atomic E-state index is 14.8. The van der Waals surface area contributed by atoms with Crippen LogP contribution in [0.3, 0.4) is 0 Å². The lowest BCUT2D eigenvalue weighted by Gasteiger charge is -2.47. The molecule has 1 saturated carbocycles. The molecule has 1 aliphatic heterocycles. The minimum Gasteiger partial charge on any atom is -0.494 e. The second-order valence-electron chi connectivity index (χ2n) is 8.12. The Bertz CT molecular complexity index is 1010. The normalized spacial score (nSPS) is 27.3. The molecular weight excluding hydrogens is 418 g/mol. The van der Waals surface area contributed by atoms with Gasteiger partial charge in [-0.25, -0.2) is 17.6 Å². The van der Waals surface area contributed by atoms with E-state index >= 15 is 0 Å². The summed E-state index contributed by atoms with van der Waals surface area (Å²) < 4.78 is 62.9. The van der Waals surface area contributed by atoms with Crippen molar-refractivity contribution in [3.63, 3.8) is 0 Å². The number of fused-ring (bicyclic) bond motifs is 1. The molecule has 1 saturated heterocycles. The first-order valence-corrected chi connectivity index (χ1v) is 9.87. The van der Waals surface area contributed by atoms with Crippen molar-refractivity contribution in [1.29, 1.82) is 0 Å². The van der Waals surface area contributed by atoms with Crippen LogP contribution in [0.25, 0.3) is 11.3 Å². The second kappa shape index (κ2) is 7.61. The Hall–Kier alpha value is -2.43. The van der Waals surface area contributed by atoms with Crippen LogP contribution >= 0.6 is 0 Å². The predicted octanol–water partition coefficient (Wildman–Crippen LogP) is 2.59. The summed E-state index contributed by atoms with van der Waals surface area (Å²) in [6.07, 6.45) is -0.168. The molecule has 4 N–H and O–H groups in total. The molecule has 0 amide bonds. The first-order valence-electron chi connectivity index (χ1n) is 9.87. The number of methoxy groups -OCH3 is 1. The number of halogens is 4. The molecule has 1 aromatic carbocycles. The number of piperidine rings is 1. The smallest absolute Gasteiger partial charge is 0.272 e. The van der Waals surface area contributed by atoms with Gasteiger partial charge in [0.1, 0.15) is 11.9 Å². The number of benzene rings is 1. The van der Waals surface area contributed by atoms with Crippen molar-refractivity contribution in [2.24, 2.45) is 5.73 Å². The molecule has 0 radical (unpaired) electrons. The van der Waals surface area contributed by atoms with E-state index < -0.39 is 48.3 Å². The first-order chi connectivity index (χ1) is 14.6. The Morgan fingerprint density at radius 3 is 2.68 bits per heavy atom. The van der Waals surface area contributed by atoms with Gasteiger partial charge in [0.2, 0.25) is 0 Å². The van der Waals surface area contributed by atoms with E-state index in [4.69, 9.17) is 10.5 Å². The molecule has 0 spiro atoms. The topological polar surface area (TPSA) is 91.8 Å². The van der Waals surface area contributed by atoms with Gasteiger partial charge < -0.3 is 25.6 Å². The maximum atomic E-state index is 14.8. The van der Waals surface area contributed by atoms with Crippen LogP contribution in [-0.4, -0.2) is 52.5 Å². The number of hydrogen-bond donors (Lipinski definition) is 3. The molecule has 10 heteroatoms. The molecule has 1 unspecified atom stereocenters. The van der Waals surface area contributed by atoms with Gasteiger partial charge in [-0.05, 0) is 25.0 Å². The summed E-state index contributed by atoms with van der Waals surface area (Å²) in [6.45, 7) is -0.314. The molecule has 0 bridgehead atoms. The van der Waals surface area contributed by atoms with Crippen molar-refractivity contribution < 1.29 is 32.5 Å². The third kappa shape index (κ3) is 3.42. The highest BCUT2D eigenvalue weighted by atomic mass is 19.3. The highest BCUT2D eigenvalue weighted by Gasteiger charge is 2.65. The lowest BCUT2D eigenvalue weighted by atomic mass is 9.81. The van der Waals surface area contributed by atoms with Crippen LogP contribution in [0, 0.1) is 11.6 Å². The number of nitrogens with zero attached hydrogens (tertiary/aromatic N) is 2. The zero-order valence-corrected chi connectivity index (χ0v) is 16.8. The van der Waals surface area contributed by atoms with Gasteiger partial charge in [-0.3, -0.25) is 4.98 Å². The molecule has 1 aromatic heterocycles. The zero-order valence-electron chi connectivity index (χ0n) is 16.8. The SMILES string of the molecule is COc1cc(F)c(-c2cc(CO)c(N3CCC[C@@]4(N)C3C(F)(F)C[C@@H]4O)cn2)cc1F. The van der Waals surface area contributed by atoms with Crippen molar-refractivity contribution in [3.8, 4) is 17.0 Å². The molecular formula is C21H23F4N3O3. The lowest BCUT2D eigenvalue weighted by molar-refractivity contribution is -0.0238. The Morgan fingerprint density at radius 2 is 2.00 bits per heavy atom. The fraction of sp³-hybridized carbons (Fsp3) is 0.476. The predicted molar refractivity (Wildman–Crippen MR) is 105 cm³/mol. The Morgan fingerprint density at radius 1 is 1.26 bits per heavy atom. The van der Waals surface area contributed by atoms with Gasteiger partial charge in [-0.1, -0.05) is 0 Å². The summed E-state index contributed by atoms with van der Waals surface area (Å²) in [5.74, 6) is -5.09. The standard InChI is InChI=1S/C21H23F4N3O3/c1-31-17-7-13(22)12(6-14(17)23)15-5-11(10-29)16(9-27-15)28-4-2-3-20(26)18(30)8-21(24,25)19(20)28/h5-7,9,18-19,29-30H,2-4,8,10,26H2,1H3/t18-,19?,20-/m0/s1. The molecule has 4 rings (SSSR count). The van der Waals surface area contributed by atoms with E-state index in [0.29, 0.717) is 6.42 Å². The van der Waals surface area contributed by atoms with E-state index in [-0.39, 0.29) is 41.2 Å². The Kier molecular flexibility index (Phi) is 5.35. The number of aliphatic hydroxyl groups is 2. The van der Waals surface area contributed by atoms with Crippen LogP contribution in [0.2, 0.25) is 0 Å². The van der Waals surface area contributed by atoms with Crippen LogP contribution in [0.4, 0.5) is 23.2 Å². The van der Waals surface area contributed by atoms with Gasteiger partial charge in [-0.15, -0.1) is 0 Å². The van der Waals surface area contributed by atoms with Crippen molar-refractivity contribution in [1.82, 2.24) is 4.98 Å². The van der Waals surface area contributed by atoms with Crippen LogP contribution in [0.5, 0.6) is 5.75 Å². The van der Waals surface area contributed by atoms with Crippen molar-refractivity contribution in [2.75, 3.05) is 18.6 Å². The fourth-order valence-electron chi connectivity index (χ4n) is 4.80. The third-order valence-corrected chi connectivity index (χ3v) is 6.28. The summed E-state index contributed by atoms with van der Waals surface area (Å²) in [5.41, 5.74) is 5.02. The van der Waals surface area contributed by atoms with E-state index in [0.717, 1.165) is 12.1 Å². The first kappa shape index (κ1) is 21.8. The van der Waals surface area contributed by atoms with E-state index in [1.807, 2.05) is 0 Å². The van der Waals surface area contributed by atoms with Crippen LogP contribution in [-0.2, 0) is 6.61 Å². The molecule has 2 aromatic rings. The Balaban J connectivity index is 1.77. The quantitative estimate of drug-likeness (QED) is 0.632. The highest BCUT2D eigenvalue weighted by Crippen LogP contribution is 2.49. The van der Waals surface area contributed by atoms with E-state index in [1.165, 1.54) is 24.3 Å². The van der Waals surface area contributed by atoms with E-state index in [2.05, 4.69) is 4.98 Å². The van der Waals surface area contributed by atoms with Crippen LogP contribution < -0.4 is 15.4 Å². The summed E-state index contributed by atoms with van der Waals surface area (Å²) >= 11 is 0. The van der Waals surface area contributed by atoms with E-state index in [1.54, 1.807) is 0 Å². The molecule has 31 heavy (non-hydrogen) atoms. The Labute approximate surface area is 176 Å². The minimum absolute atomic E-state index is 0.0288. The van der Waals surface area contributed by atoms with E-state index in [9.17, 15) is 27.8 Å². The number of pyridine rings is 1. The fourth-order valence-corrected chi connectivity index (χ4v) is 4.80. The van der Waals surface area contributed by atoms with Crippen LogP contribution in [0.1, 0.15) is 24.8 Å². The monoisotopic (exact) mass is 441 g/mol. The number of aliphatic hydroxyl groups excluding tert-OH is 2. The lowest BCUT2D eigenvalue weighted by Crippen LogP contribution is -2.67. The number of alkyl halides is 2. The largest absolute Gasteiger partial charge is 0.494 e. The summed E-state index contributed by atoms with van der Waals surface area (Å²) in [7, 11) is 1.21. The van der Waals surface area contributed by atoms with Crippen molar-refractivity contribution in [3.05, 3.63) is 41.6 Å². The average Bonchev–Trinajstić information content (AvgIpc) is 2.92. The third-order valence-electron chi connectivity index (χ3n) is 6.28. The highest BCUT2D eigenvalue weighted by molar-refractivity contribution is 5.66. The van der Waals surface area contributed by atoms with Gasteiger partial charge in [0.05, 0.1) is 42.9 Å². The van der Waals surface area contributed by atoms with Crippen LogP contribution in [0.15, 0.2) is 24.4 Å². The number of anilines is 1. The molecule has 6 nitrogen and oxygen atoms in total. The maximum Gasteiger partial charge on any atom is 0.272 e. The number of hydrogen-bond acceptors (Lipinski definition) is 6. The second-order valence-corrected chi connectivity index (χ2v) is 8.12. The average molecular weight is 441 g/mol. The summed E-state index contributed by atoms with van der Waals surface area (Å²) in [6, 6.07) is 1.66. The minimum atomic E-state index is -3.24. The summed E-state index contributed by atoms with van der Waals surface area (Å²) in [5, 5.41) is 20.1. The number of ether oxygens (including phenoxy) is 1. The molecule has 2 heterocycles. The molecule has 2 fully saturated rings. The zero-order chi connectivity index (χ0) is 22.6. The van der Waals surface area contributed by atoms with Crippen molar-refractivity contribution >= 4 is 5.69 Å². The van der Waals surface area contributed by atoms with Gasteiger partial charge >= 0.3 is 0 Å². The molecule has 168 valence electrons. The number of aromatic nitrogens is 1. The van der Waals surface area contributed by atoms with Crippen molar-refractivity contribution in [2.45, 2.75) is 49.5 Å². The molecule has 2 aliphatic rings. The van der Waals surface area contributed by atoms with Gasteiger partial charge in [0, 0.05) is 30.2 Å². The van der Waals surface area contributed by atoms with Gasteiger partial charge in [0.15, 0.2) is 11.6 Å². The molecule has 3 atom stereocenters. The molecule has 1 aliphatic carbocycles.